The molecule has 1 heterocycles. The van der Waals surface area contributed by atoms with E-state index in [2.05, 4.69) is 15.2 Å². The summed E-state index contributed by atoms with van der Waals surface area (Å²) < 4.78 is 6.58. The van der Waals surface area contributed by atoms with Crippen LogP contribution in [0.15, 0.2) is 0 Å². The summed E-state index contributed by atoms with van der Waals surface area (Å²) in [4.78, 5) is 13.7. The van der Waals surface area contributed by atoms with Gasteiger partial charge in [0.1, 0.15) is 0 Å². The first-order valence-electron chi connectivity index (χ1n) is 6.04. The minimum absolute atomic E-state index is 0.225. The first-order chi connectivity index (χ1) is 8.60. The lowest BCUT2D eigenvalue weighted by molar-refractivity contribution is 0.0518. The number of hydrogen-bond acceptors (Lipinski definition) is 6. The van der Waals surface area contributed by atoms with Crippen LogP contribution in [0.4, 0.5) is 0 Å². The molecular formula is C11H21N5O2. The molecule has 1 aromatic heterocycles. The van der Waals surface area contributed by atoms with Crippen molar-refractivity contribution in [1.29, 1.82) is 0 Å². The van der Waals surface area contributed by atoms with Crippen molar-refractivity contribution in [2.75, 3.05) is 27.2 Å². The molecule has 0 saturated heterocycles. The van der Waals surface area contributed by atoms with Crippen molar-refractivity contribution >= 4 is 5.97 Å². The van der Waals surface area contributed by atoms with Gasteiger partial charge >= 0.3 is 5.97 Å². The first-order valence-corrected chi connectivity index (χ1v) is 6.04. The molecule has 0 amide bonds. The zero-order chi connectivity index (χ0) is 13.5. The SMILES string of the molecule is CCOC(=O)c1nnn(CCCN(C)C)c1CN. The molecular weight excluding hydrogens is 234 g/mol. The quantitative estimate of drug-likeness (QED) is 0.683. The highest BCUT2D eigenvalue weighted by molar-refractivity contribution is 5.88. The summed E-state index contributed by atoms with van der Waals surface area (Å²) in [5.74, 6) is -0.461. The lowest BCUT2D eigenvalue weighted by Crippen LogP contribution is -2.18. The Balaban J connectivity index is 2.72. The summed E-state index contributed by atoms with van der Waals surface area (Å²) in [6, 6.07) is 0. The fourth-order valence-corrected chi connectivity index (χ4v) is 1.61. The molecule has 0 aliphatic rings. The Morgan fingerprint density at radius 1 is 1.50 bits per heavy atom. The Kier molecular flexibility index (Phi) is 5.73. The van der Waals surface area contributed by atoms with E-state index in [0.717, 1.165) is 13.0 Å². The van der Waals surface area contributed by atoms with Gasteiger partial charge in [-0.3, -0.25) is 0 Å². The first kappa shape index (κ1) is 14.6. The highest BCUT2D eigenvalue weighted by Crippen LogP contribution is 2.07. The van der Waals surface area contributed by atoms with Gasteiger partial charge in [0, 0.05) is 13.1 Å². The zero-order valence-corrected chi connectivity index (χ0v) is 11.2. The van der Waals surface area contributed by atoms with Gasteiger partial charge < -0.3 is 15.4 Å². The van der Waals surface area contributed by atoms with Crippen molar-refractivity contribution in [1.82, 2.24) is 19.9 Å². The number of ether oxygens (including phenoxy) is 1. The summed E-state index contributed by atoms with van der Waals surface area (Å²) >= 11 is 0. The van der Waals surface area contributed by atoms with Crippen molar-refractivity contribution in [2.24, 2.45) is 5.73 Å². The summed E-state index contributed by atoms with van der Waals surface area (Å²) in [5.41, 5.74) is 6.50. The standard InChI is InChI=1S/C11H21N5O2/c1-4-18-11(17)10-9(8-12)16(14-13-10)7-5-6-15(2)3/h4-8,12H2,1-3H3. The average Bonchev–Trinajstić information content (AvgIpc) is 2.72. The van der Waals surface area contributed by atoms with E-state index >= 15 is 0 Å². The largest absolute Gasteiger partial charge is 0.461 e. The van der Waals surface area contributed by atoms with Crippen LogP contribution >= 0.6 is 0 Å². The molecule has 0 aliphatic carbocycles. The molecule has 0 saturated carbocycles. The number of rotatable bonds is 7. The highest BCUT2D eigenvalue weighted by atomic mass is 16.5. The lowest BCUT2D eigenvalue weighted by atomic mass is 10.3. The molecule has 102 valence electrons. The van der Waals surface area contributed by atoms with Gasteiger partial charge in [0.2, 0.25) is 0 Å². The minimum Gasteiger partial charge on any atom is -0.461 e. The lowest BCUT2D eigenvalue weighted by Gasteiger charge is -2.10. The van der Waals surface area contributed by atoms with Crippen molar-refractivity contribution < 1.29 is 9.53 Å². The third-order valence-corrected chi connectivity index (χ3v) is 2.47. The van der Waals surface area contributed by atoms with Crippen molar-refractivity contribution in [3.05, 3.63) is 11.4 Å². The van der Waals surface area contributed by atoms with Gasteiger partial charge in [-0.1, -0.05) is 5.21 Å². The van der Waals surface area contributed by atoms with E-state index < -0.39 is 5.97 Å². The van der Waals surface area contributed by atoms with Gasteiger partial charge in [0.15, 0.2) is 5.69 Å². The van der Waals surface area contributed by atoms with Crippen LogP contribution in [0.5, 0.6) is 0 Å². The van der Waals surface area contributed by atoms with Gasteiger partial charge in [0.05, 0.1) is 12.3 Å². The fourth-order valence-electron chi connectivity index (χ4n) is 1.61. The summed E-state index contributed by atoms with van der Waals surface area (Å²) in [6.07, 6.45) is 0.922. The number of aromatic nitrogens is 3. The number of esters is 1. The second-order valence-electron chi connectivity index (χ2n) is 4.19. The van der Waals surface area contributed by atoms with Crippen LogP contribution in [-0.4, -0.2) is 53.1 Å². The van der Waals surface area contributed by atoms with Crippen molar-refractivity contribution in [3.63, 3.8) is 0 Å². The molecule has 0 unspecified atom stereocenters. The Bertz CT molecular complexity index is 389. The normalized spacial score (nSPS) is 10.9. The molecule has 7 heteroatoms. The highest BCUT2D eigenvalue weighted by Gasteiger charge is 2.19. The number of carbonyl (C=O) groups excluding carboxylic acids is 1. The molecule has 0 spiro atoms. The van der Waals surface area contributed by atoms with E-state index in [4.69, 9.17) is 10.5 Å². The molecule has 0 aromatic carbocycles. The van der Waals surface area contributed by atoms with Gasteiger partial charge in [-0.15, -0.1) is 5.10 Å². The van der Waals surface area contributed by atoms with E-state index in [9.17, 15) is 4.79 Å². The maximum absolute atomic E-state index is 11.6. The van der Waals surface area contributed by atoms with Crippen LogP contribution < -0.4 is 5.73 Å². The zero-order valence-electron chi connectivity index (χ0n) is 11.2. The Morgan fingerprint density at radius 3 is 2.78 bits per heavy atom. The minimum atomic E-state index is -0.461. The number of hydrogen-bond donors (Lipinski definition) is 1. The third kappa shape index (κ3) is 3.78. The van der Waals surface area contributed by atoms with Crippen LogP contribution in [0.3, 0.4) is 0 Å². The predicted octanol–water partition coefficient (Wildman–Crippen LogP) is -0.135. The molecule has 1 aromatic rings. The number of nitrogens with zero attached hydrogens (tertiary/aromatic N) is 4. The molecule has 0 aliphatic heterocycles. The summed E-state index contributed by atoms with van der Waals surface area (Å²) in [5, 5.41) is 7.80. The van der Waals surface area contributed by atoms with E-state index in [-0.39, 0.29) is 12.2 Å². The average molecular weight is 255 g/mol. The second-order valence-corrected chi connectivity index (χ2v) is 4.19. The summed E-state index contributed by atoms with van der Waals surface area (Å²) in [6.45, 7) is 3.93. The summed E-state index contributed by atoms with van der Waals surface area (Å²) in [7, 11) is 4.02. The molecule has 1 rings (SSSR count). The van der Waals surface area contributed by atoms with Crippen LogP contribution in [0.25, 0.3) is 0 Å². The van der Waals surface area contributed by atoms with Crippen LogP contribution in [0.2, 0.25) is 0 Å². The molecule has 0 fully saturated rings. The second kappa shape index (κ2) is 7.07. The van der Waals surface area contributed by atoms with Crippen molar-refractivity contribution in [3.8, 4) is 0 Å². The molecule has 0 radical (unpaired) electrons. The van der Waals surface area contributed by atoms with Crippen LogP contribution in [0, 0.1) is 0 Å². The Hall–Kier alpha value is -1.47. The van der Waals surface area contributed by atoms with Gasteiger partial charge in [-0.25, -0.2) is 9.48 Å². The smallest absolute Gasteiger partial charge is 0.360 e. The van der Waals surface area contributed by atoms with Gasteiger partial charge in [-0.05, 0) is 34.0 Å². The number of aryl methyl sites for hydroxylation is 1. The Labute approximate surface area is 107 Å². The van der Waals surface area contributed by atoms with E-state index in [0.29, 0.717) is 18.8 Å². The van der Waals surface area contributed by atoms with Crippen LogP contribution in [-0.2, 0) is 17.8 Å². The molecule has 7 nitrogen and oxygen atoms in total. The molecule has 2 N–H and O–H groups in total. The van der Waals surface area contributed by atoms with Gasteiger partial charge in [0.25, 0.3) is 0 Å². The Morgan fingerprint density at radius 2 is 2.22 bits per heavy atom. The van der Waals surface area contributed by atoms with E-state index in [1.807, 2.05) is 14.1 Å². The van der Waals surface area contributed by atoms with Crippen molar-refractivity contribution in [2.45, 2.75) is 26.4 Å². The molecule has 0 atom stereocenters. The van der Waals surface area contributed by atoms with Crippen LogP contribution in [0.1, 0.15) is 29.5 Å². The predicted molar refractivity (Wildman–Crippen MR) is 67.0 cm³/mol. The molecule has 0 bridgehead atoms. The maximum Gasteiger partial charge on any atom is 0.360 e. The fraction of sp³-hybridized carbons (Fsp3) is 0.727. The van der Waals surface area contributed by atoms with E-state index in [1.165, 1.54) is 0 Å². The molecule has 18 heavy (non-hydrogen) atoms. The van der Waals surface area contributed by atoms with Gasteiger partial charge in [-0.2, -0.15) is 0 Å². The monoisotopic (exact) mass is 255 g/mol. The third-order valence-electron chi connectivity index (χ3n) is 2.47. The number of carbonyl (C=O) groups is 1. The van der Waals surface area contributed by atoms with E-state index in [1.54, 1.807) is 11.6 Å². The topological polar surface area (TPSA) is 86.3 Å². The maximum atomic E-state index is 11.6. The number of nitrogens with two attached hydrogens (primary N) is 1.